The summed E-state index contributed by atoms with van der Waals surface area (Å²) in [5.74, 6) is 0.972. The third-order valence-electron chi connectivity index (χ3n) is 12.8. The minimum atomic E-state index is -0.906. The fourth-order valence-corrected chi connectivity index (χ4v) is 9.63. The van der Waals surface area contributed by atoms with Crippen LogP contribution in [0.25, 0.3) is 11.1 Å². The molecule has 4 N–H and O–H groups in total. The molecule has 3 aliphatic carbocycles. The van der Waals surface area contributed by atoms with Crippen molar-refractivity contribution in [1.29, 1.82) is 0 Å². The molecule has 3 saturated carbocycles. The zero-order valence-electron chi connectivity index (χ0n) is 34.5. The number of methoxy groups -OCH3 is 1. The van der Waals surface area contributed by atoms with Crippen LogP contribution in [0.1, 0.15) is 62.2 Å². The number of aliphatic hydroxyl groups is 2. The fourth-order valence-electron chi connectivity index (χ4n) is 9.63. The Kier molecular flexibility index (Phi) is 12.8. The van der Waals surface area contributed by atoms with Gasteiger partial charge in [-0.1, -0.05) is 45.0 Å². The molecule has 304 valence electrons. The van der Waals surface area contributed by atoms with Gasteiger partial charge in [-0.15, -0.1) is 0 Å². The summed E-state index contributed by atoms with van der Waals surface area (Å²) in [5, 5.41) is 29.6. The third kappa shape index (κ3) is 8.60. The second kappa shape index (κ2) is 17.2. The van der Waals surface area contributed by atoms with Gasteiger partial charge in [0.05, 0.1) is 26.4 Å². The monoisotopic (exact) mass is 770 g/mol. The lowest BCUT2D eigenvalue weighted by atomic mass is 9.45. The molecule has 1 aromatic heterocycles. The lowest BCUT2D eigenvalue weighted by Crippen LogP contribution is -2.62. The highest BCUT2D eigenvalue weighted by Crippen LogP contribution is 2.61. The van der Waals surface area contributed by atoms with Crippen LogP contribution in [0.4, 0.5) is 5.69 Å². The predicted molar refractivity (Wildman–Crippen MR) is 218 cm³/mol. The number of amides is 2. The number of carbonyl (C=O) groups excluding carboxylic acids is 2. The summed E-state index contributed by atoms with van der Waals surface area (Å²) in [6.45, 7) is 9.01. The van der Waals surface area contributed by atoms with Crippen molar-refractivity contribution in [2.75, 3.05) is 53.4 Å². The molecule has 2 bridgehead atoms. The van der Waals surface area contributed by atoms with E-state index in [-0.39, 0.29) is 42.5 Å². The number of benzene rings is 2. The van der Waals surface area contributed by atoms with E-state index in [1.54, 1.807) is 25.3 Å². The van der Waals surface area contributed by atoms with Crippen LogP contribution < -0.4 is 20.3 Å². The van der Waals surface area contributed by atoms with E-state index >= 15 is 0 Å². The first-order chi connectivity index (χ1) is 26.6. The van der Waals surface area contributed by atoms with Gasteiger partial charge in [-0.3, -0.25) is 19.4 Å². The van der Waals surface area contributed by atoms with Crippen LogP contribution in [-0.4, -0.2) is 116 Å². The summed E-state index contributed by atoms with van der Waals surface area (Å²) in [4.78, 5) is 43.1. The normalized spacial score (nSPS) is 26.6. The maximum absolute atomic E-state index is 14.3. The zero-order chi connectivity index (χ0) is 40.5. The Labute approximate surface area is 332 Å². The Balaban J connectivity index is 1.28. The van der Waals surface area contributed by atoms with Crippen molar-refractivity contribution in [3.05, 3.63) is 77.6 Å². The van der Waals surface area contributed by atoms with Gasteiger partial charge in [0.25, 0.3) is 5.91 Å². The van der Waals surface area contributed by atoms with Gasteiger partial charge in [-0.2, -0.15) is 5.06 Å². The molecule has 0 radical (unpaired) electrons. The number of pyridine rings is 1. The van der Waals surface area contributed by atoms with E-state index in [1.165, 1.54) is 6.42 Å². The number of para-hydroxylation sites is 1. The first-order valence-electron chi connectivity index (χ1n) is 20.0. The molecule has 4 aliphatic rings. The van der Waals surface area contributed by atoms with Crippen molar-refractivity contribution in [3.63, 3.8) is 0 Å². The third-order valence-corrected chi connectivity index (χ3v) is 12.8. The average Bonchev–Trinajstić information content (AvgIpc) is 3.53. The molecule has 0 unspecified atom stereocenters. The number of anilines is 1. The van der Waals surface area contributed by atoms with Crippen LogP contribution in [-0.2, 0) is 22.6 Å². The molecule has 0 spiro atoms. The van der Waals surface area contributed by atoms with E-state index in [1.807, 2.05) is 87.7 Å². The van der Waals surface area contributed by atoms with E-state index in [0.717, 1.165) is 34.5 Å². The predicted octanol–water partition coefficient (Wildman–Crippen LogP) is 4.39. The molecular formula is C44H62N6O6. The van der Waals surface area contributed by atoms with Gasteiger partial charge in [0.2, 0.25) is 5.91 Å². The van der Waals surface area contributed by atoms with Crippen molar-refractivity contribution < 1.29 is 29.4 Å². The van der Waals surface area contributed by atoms with Gasteiger partial charge in [-0.05, 0) is 92.9 Å². The molecule has 12 nitrogen and oxygen atoms in total. The van der Waals surface area contributed by atoms with Crippen LogP contribution >= 0.6 is 0 Å². The molecule has 7 rings (SSSR count). The second-order valence-corrected chi connectivity index (χ2v) is 17.4. The lowest BCUT2D eigenvalue weighted by Gasteiger charge is -2.62. The number of hydrogen-bond acceptors (Lipinski definition) is 10. The summed E-state index contributed by atoms with van der Waals surface area (Å²) >= 11 is 0. The number of hydrogen-bond donors (Lipinski definition) is 4. The molecule has 56 heavy (non-hydrogen) atoms. The van der Waals surface area contributed by atoms with Crippen LogP contribution in [0.2, 0.25) is 0 Å². The summed E-state index contributed by atoms with van der Waals surface area (Å²) in [6, 6.07) is 16.4. The molecule has 4 fully saturated rings. The molecule has 9 atom stereocenters. The Morgan fingerprint density at radius 1 is 1.09 bits per heavy atom. The molecule has 1 saturated heterocycles. The van der Waals surface area contributed by atoms with E-state index < -0.39 is 24.2 Å². The van der Waals surface area contributed by atoms with Gasteiger partial charge in [0, 0.05) is 79.3 Å². The first-order valence-corrected chi connectivity index (χ1v) is 20.0. The molecule has 12 heteroatoms. The maximum Gasteiger partial charge on any atom is 0.251 e. The van der Waals surface area contributed by atoms with E-state index in [0.29, 0.717) is 42.0 Å². The highest BCUT2D eigenvalue weighted by molar-refractivity contribution is 5.97. The zero-order valence-corrected chi connectivity index (χ0v) is 34.5. The second-order valence-electron chi connectivity index (χ2n) is 17.4. The number of aromatic nitrogens is 1. The number of carbonyl (C=O) groups is 2. The summed E-state index contributed by atoms with van der Waals surface area (Å²) < 4.78 is 6.10. The molecule has 3 aromatic rings. The van der Waals surface area contributed by atoms with Crippen molar-refractivity contribution in [2.45, 2.75) is 83.8 Å². The minimum Gasteiger partial charge on any atom is -0.496 e. The number of fused-ring (bicyclic) bond motifs is 2. The SMILES string of the molecule is COc1c(CN2O[C@@H](CO)[C@H]([C@H](C)O)[C@H]2C(=O)N[C@H]2C[C@H]3C[C@H]([C@@H]2C)C3(C)C)cccc1-c1cc(C(=O)N[C@@H](Cc2ccccn2)CN(C)C)cc(N(C)C)c1. The van der Waals surface area contributed by atoms with E-state index in [9.17, 15) is 19.8 Å². The van der Waals surface area contributed by atoms with Crippen molar-refractivity contribution in [1.82, 2.24) is 25.6 Å². The number of rotatable bonds is 15. The maximum atomic E-state index is 14.3. The van der Waals surface area contributed by atoms with Crippen molar-refractivity contribution >= 4 is 17.5 Å². The van der Waals surface area contributed by atoms with E-state index in [4.69, 9.17) is 9.57 Å². The molecule has 2 amide bonds. The minimum absolute atomic E-state index is 0.0327. The fraction of sp³-hybridized carbons (Fsp3) is 0.568. The number of nitrogens with one attached hydrogen (secondary N) is 2. The van der Waals surface area contributed by atoms with Gasteiger partial charge in [-0.25, -0.2) is 0 Å². The average molecular weight is 771 g/mol. The number of likely N-dealkylation sites (N-methyl/N-ethyl adjacent to an activating group) is 1. The Bertz CT molecular complexity index is 1840. The standard InChI is InChI=1S/C44H62N6O6/c1-26-36-20-31(44(36,3)4)21-37(26)47-43(54)40-39(27(2)52)38(25-51)56-50(40)23-28-13-12-15-35(41(28)55-9)29-17-30(19-34(18-29)49(7)8)42(53)46-33(24-48(5)6)22-32-14-10-11-16-45-32/h10-19,26-27,31,33,36-40,51-52H,20-25H2,1-9H3,(H,46,53)(H,47,54)/t26-,27-,31+,33-,36+,37-,38-,39-,40-/m0/s1. The van der Waals surface area contributed by atoms with Crippen LogP contribution in [0, 0.1) is 29.1 Å². The van der Waals surface area contributed by atoms with Gasteiger partial charge < -0.3 is 35.4 Å². The first kappa shape index (κ1) is 41.6. The highest BCUT2D eigenvalue weighted by Gasteiger charge is 2.57. The van der Waals surface area contributed by atoms with Gasteiger partial charge in [0.1, 0.15) is 17.9 Å². The van der Waals surface area contributed by atoms with Crippen LogP contribution in [0.15, 0.2) is 60.8 Å². The number of ether oxygens (including phenoxy) is 1. The smallest absolute Gasteiger partial charge is 0.251 e. The molecule has 2 heterocycles. The van der Waals surface area contributed by atoms with Crippen LogP contribution in [0.3, 0.4) is 0 Å². The van der Waals surface area contributed by atoms with Gasteiger partial charge in [0.15, 0.2) is 0 Å². The Morgan fingerprint density at radius 2 is 1.86 bits per heavy atom. The molecular weight excluding hydrogens is 709 g/mol. The number of hydroxylamine groups is 2. The van der Waals surface area contributed by atoms with Crippen LogP contribution in [0.5, 0.6) is 5.75 Å². The molecule has 2 aromatic carbocycles. The van der Waals surface area contributed by atoms with Crippen molar-refractivity contribution in [2.24, 2.45) is 29.1 Å². The van der Waals surface area contributed by atoms with Gasteiger partial charge >= 0.3 is 0 Å². The summed E-state index contributed by atoms with van der Waals surface area (Å²) in [7, 11) is 9.45. The quantitative estimate of drug-likeness (QED) is 0.176. The van der Waals surface area contributed by atoms with E-state index in [2.05, 4.69) is 41.3 Å². The molecule has 1 aliphatic heterocycles. The highest BCUT2D eigenvalue weighted by atomic mass is 16.7. The lowest BCUT2D eigenvalue weighted by molar-refractivity contribution is -0.183. The number of nitrogens with zero attached hydrogens (tertiary/aromatic N) is 4. The largest absolute Gasteiger partial charge is 0.496 e. The number of aliphatic hydroxyl groups excluding tert-OH is 2. The topological polar surface area (TPSA) is 140 Å². The Morgan fingerprint density at radius 3 is 2.46 bits per heavy atom. The van der Waals surface area contributed by atoms with Crippen molar-refractivity contribution in [3.8, 4) is 16.9 Å². The Hall–Kier alpha value is -4.07. The summed E-state index contributed by atoms with van der Waals surface area (Å²) in [5.41, 5.74) is 4.84. The summed E-state index contributed by atoms with van der Waals surface area (Å²) in [6.07, 6.45) is 2.81.